The highest BCUT2D eigenvalue weighted by Crippen LogP contribution is 2.30. The fourth-order valence-electron chi connectivity index (χ4n) is 3.25. The van der Waals surface area contributed by atoms with E-state index in [1.807, 2.05) is 43.3 Å². The Morgan fingerprint density at radius 2 is 1.92 bits per heavy atom. The standard InChI is InChI=1S/C20H24N2O3S/c1-3-26(24,25)22-13-7-10-17-14-18(11-12-19(17)22)20(23)21-15(2)16-8-5-4-6-9-16/h4-6,8-9,11-12,14-15H,3,7,10,13H2,1-2H3,(H,21,23). The fraction of sp³-hybridized carbons (Fsp3) is 0.350. The summed E-state index contributed by atoms with van der Waals surface area (Å²) in [5, 5.41) is 3.00. The van der Waals surface area contributed by atoms with Crippen LogP contribution >= 0.6 is 0 Å². The van der Waals surface area contributed by atoms with Gasteiger partial charge in [0.2, 0.25) is 10.0 Å². The van der Waals surface area contributed by atoms with E-state index < -0.39 is 10.0 Å². The molecule has 0 fully saturated rings. The smallest absolute Gasteiger partial charge is 0.251 e. The van der Waals surface area contributed by atoms with Gasteiger partial charge in [-0.15, -0.1) is 0 Å². The predicted octanol–water partition coefficient (Wildman–Crippen LogP) is 3.28. The first-order chi connectivity index (χ1) is 12.4. The summed E-state index contributed by atoms with van der Waals surface area (Å²) in [7, 11) is -3.29. The van der Waals surface area contributed by atoms with Gasteiger partial charge in [-0.1, -0.05) is 30.3 Å². The molecule has 1 atom stereocenters. The summed E-state index contributed by atoms with van der Waals surface area (Å²) >= 11 is 0. The van der Waals surface area contributed by atoms with Crippen molar-refractivity contribution in [1.29, 1.82) is 0 Å². The molecule has 6 heteroatoms. The second-order valence-corrected chi connectivity index (χ2v) is 8.71. The first-order valence-corrected chi connectivity index (χ1v) is 10.5. The molecule has 5 nitrogen and oxygen atoms in total. The fourth-order valence-corrected chi connectivity index (χ4v) is 4.45. The van der Waals surface area contributed by atoms with Gasteiger partial charge in [0.25, 0.3) is 5.91 Å². The van der Waals surface area contributed by atoms with Crippen molar-refractivity contribution in [2.45, 2.75) is 32.7 Å². The zero-order valence-electron chi connectivity index (χ0n) is 15.1. The van der Waals surface area contributed by atoms with E-state index in [4.69, 9.17) is 0 Å². The minimum Gasteiger partial charge on any atom is -0.346 e. The van der Waals surface area contributed by atoms with Crippen LogP contribution in [0.25, 0.3) is 0 Å². The van der Waals surface area contributed by atoms with Crippen molar-refractivity contribution in [3.63, 3.8) is 0 Å². The van der Waals surface area contributed by atoms with Crippen LogP contribution < -0.4 is 9.62 Å². The van der Waals surface area contributed by atoms with Crippen LogP contribution in [0.1, 0.15) is 47.8 Å². The van der Waals surface area contributed by atoms with E-state index in [9.17, 15) is 13.2 Å². The maximum absolute atomic E-state index is 12.6. The van der Waals surface area contributed by atoms with Crippen molar-refractivity contribution in [1.82, 2.24) is 5.32 Å². The first-order valence-electron chi connectivity index (χ1n) is 8.91. The molecule has 1 amide bonds. The molecule has 1 heterocycles. The molecular formula is C20H24N2O3S. The average Bonchev–Trinajstić information content (AvgIpc) is 2.67. The number of benzene rings is 2. The molecule has 2 aromatic carbocycles. The molecule has 1 aliphatic rings. The highest BCUT2D eigenvalue weighted by molar-refractivity contribution is 7.92. The summed E-state index contributed by atoms with van der Waals surface area (Å²) in [4.78, 5) is 12.6. The first kappa shape index (κ1) is 18.5. The SMILES string of the molecule is CCS(=O)(=O)N1CCCc2cc(C(=O)NC(C)c3ccccc3)ccc21. The number of anilines is 1. The zero-order chi connectivity index (χ0) is 18.7. The number of sulfonamides is 1. The van der Waals surface area contributed by atoms with Gasteiger partial charge in [0, 0.05) is 12.1 Å². The second kappa shape index (κ2) is 7.50. The van der Waals surface area contributed by atoms with E-state index in [-0.39, 0.29) is 17.7 Å². The van der Waals surface area contributed by atoms with Gasteiger partial charge in [-0.3, -0.25) is 9.10 Å². The number of fused-ring (bicyclic) bond motifs is 1. The Morgan fingerprint density at radius 3 is 2.62 bits per heavy atom. The summed E-state index contributed by atoms with van der Waals surface area (Å²) in [6, 6.07) is 15.0. The van der Waals surface area contributed by atoms with Crippen molar-refractivity contribution in [3.05, 3.63) is 65.2 Å². The predicted molar refractivity (Wildman–Crippen MR) is 104 cm³/mol. The van der Waals surface area contributed by atoms with E-state index in [0.29, 0.717) is 17.8 Å². The van der Waals surface area contributed by atoms with Crippen LogP contribution in [-0.2, 0) is 16.4 Å². The quantitative estimate of drug-likeness (QED) is 0.876. The van der Waals surface area contributed by atoms with Gasteiger partial charge >= 0.3 is 0 Å². The molecule has 0 aromatic heterocycles. The van der Waals surface area contributed by atoms with Crippen molar-refractivity contribution in [3.8, 4) is 0 Å². The summed E-state index contributed by atoms with van der Waals surface area (Å²) < 4.78 is 26.0. The normalized spacial score (nSPS) is 15.2. The van der Waals surface area contributed by atoms with Gasteiger partial charge in [-0.25, -0.2) is 8.42 Å². The molecule has 2 aromatic rings. The number of carbonyl (C=O) groups is 1. The number of hydrogen-bond donors (Lipinski definition) is 1. The lowest BCUT2D eigenvalue weighted by atomic mass is 10.00. The third-order valence-corrected chi connectivity index (χ3v) is 6.55. The van der Waals surface area contributed by atoms with Gasteiger partial charge in [0.1, 0.15) is 0 Å². The number of aryl methyl sites for hydroxylation is 1. The van der Waals surface area contributed by atoms with Crippen LogP contribution in [0.4, 0.5) is 5.69 Å². The molecule has 0 saturated carbocycles. The molecule has 0 spiro atoms. The minimum absolute atomic E-state index is 0.0727. The molecule has 1 aliphatic heterocycles. The molecular weight excluding hydrogens is 348 g/mol. The highest BCUT2D eigenvalue weighted by atomic mass is 32.2. The molecule has 0 saturated heterocycles. The number of amides is 1. The lowest BCUT2D eigenvalue weighted by molar-refractivity contribution is 0.0940. The van der Waals surface area contributed by atoms with E-state index in [0.717, 1.165) is 24.0 Å². The molecule has 0 bridgehead atoms. The number of rotatable bonds is 5. The highest BCUT2D eigenvalue weighted by Gasteiger charge is 2.26. The Kier molecular flexibility index (Phi) is 5.32. The van der Waals surface area contributed by atoms with Crippen LogP contribution in [0, 0.1) is 0 Å². The lowest BCUT2D eigenvalue weighted by Crippen LogP contribution is -2.36. The van der Waals surface area contributed by atoms with Crippen LogP contribution in [0.15, 0.2) is 48.5 Å². The number of carbonyl (C=O) groups excluding carboxylic acids is 1. The summed E-state index contributed by atoms with van der Waals surface area (Å²) in [5.41, 5.74) is 3.21. The molecule has 1 N–H and O–H groups in total. The lowest BCUT2D eigenvalue weighted by Gasteiger charge is -2.30. The van der Waals surface area contributed by atoms with Crippen LogP contribution in [0.2, 0.25) is 0 Å². The zero-order valence-corrected chi connectivity index (χ0v) is 15.9. The van der Waals surface area contributed by atoms with Gasteiger partial charge in [-0.2, -0.15) is 0 Å². The number of nitrogens with zero attached hydrogens (tertiary/aromatic N) is 1. The van der Waals surface area contributed by atoms with Crippen LogP contribution in [-0.4, -0.2) is 26.6 Å². The van der Waals surface area contributed by atoms with Crippen molar-refractivity contribution in [2.75, 3.05) is 16.6 Å². The Morgan fingerprint density at radius 1 is 1.19 bits per heavy atom. The number of hydrogen-bond acceptors (Lipinski definition) is 3. The van der Waals surface area contributed by atoms with E-state index >= 15 is 0 Å². The minimum atomic E-state index is -3.29. The van der Waals surface area contributed by atoms with E-state index in [1.165, 1.54) is 4.31 Å². The summed E-state index contributed by atoms with van der Waals surface area (Å²) in [6.07, 6.45) is 1.54. The van der Waals surface area contributed by atoms with Crippen LogP contribution in [0.3, 0.4) is 0 Å². The van der Waals surface area contributed by atoms with Crippen molar-refractivity contribution < 1.29 is 13.2 Å². The third kappa shape index (κ3) is 3.75. The molecule has 0 aliphatic carbocycles. The Labute approximate surface area is 155 Å². The van der Waals surface area contributed by atoms with Crippen molar-refractivity contribution >= 4 is 21.6 Å². The second-order valence-electron chi connectivity index (χ2n) is 6.53. The Bertz CT molecular complexity index is 895. The van der Waals surface area contributed by atoms with Gasteiger partial charge in [0.05, 0.1) is 17.5 Å². The molecule has 0 radical (unpaired) electrons. The van der Waals surface area contributed by atoms with E-state index in [1.54, 1.807) is 19.1 Å². The van der Waals surface area contributed by atoms with Gasteiger partial charge in [-0.05, 0) is 56.0 Å². The van der Waals surface area contributed by atoms with Crippen LogP contribution in [0.5, 0.6) is 0 Å². The molecule has 26 heavy (non-hydrogen) atoms. The largest absolute Gasteiger partial charge is 0.346 e. The Hall–Kier alpha value is -2.34. The summed E-state index contributed by atoms with van der Waals surface area (Å²) in [5.74, 6) is -0.0804. The Balaban J connectivity index is 1.81. The number of nitrogens with one attached hydrogen (secondary N) is 1. The molecule has 3 rings (SSSR count). The maximum atomic E-state index is 12.6. The monoisotopic (exact) mass is 372 g/mol. The van der Waals surface area contributed by atoms with E-state index in [2.05, 4.69) is 5.32 Å². The van der Waals surface area contributed by atoms with Gasteiger partial charge in [0.15, 0.2) is 0 Å². The average molecular weight is 372 g/mol. The van der Waals surface area contributed by atoms with Gasteiger partial charge < -0.3 is 5.32 Å². The molecule has 138 valence electrons. The molecule has 1 unspecified atom stereocenters. The summed E-state index contributed by atoms with van der Waals surface area (Å²) in [6.45, 7) is 4.09. The van der Waals surface area contributed by atoms with Crippen molar-refractivity contribution in [2.24, 2.45) is 0 Å². The third-order valence-electron chi connectivity index (χ3n) is 4.77. The topological polar surface area (TPSA) is 66.5 Å². The maximum Gasteiger partial charge on any atom is 0.251 e.